The van der Waals surface area contributed by atoms with Crippen LogP contribution in [-0.2, 0) is 10.0 Å². The molecule has 0 spiro atoms. The number of methoxy groups -OCH3 is 1. The minimum Gasteiger partial charge on any atom is -0.495 e. The summed E-state index contributed by atoms with van der Waals surface area (Å²) in [5, 5.41) is 9.16. The van der Waals surface area contributed by atoms with Gasteiger partial charge >= 0.3 is 5.97 Å². The molecule has 0 aromatic heterocycles. The number of hydrogen-bond donors (Lipinski definition) is 2. The molecule has 8 heteroatoms. The van der Waals surface area contributed by atoms with Gasteiger partial charge in [0.25, 0.3) is 10.0 Å². The Bertz CT molecular complexity index is 820. The zero-order valence-electron chi connectivity index (χ0n) is 11.4. The molecule has 2 rings (SSSR count). The van der Waals surface area contributed by atoms with Gasteiger partial charge < -0.3 is 9.84 Å². The number of hydrogen-bond acceptors (Lipinski definition) is 4. The topological polar surface area (TPSA) is 92.7 Å². The van der Waals surface area contributed by atoms with Crippen LogP contribution < -0.4 is 9.46 Å². The molecule has 6 nitrogen and oxygen atoms in total. The first-order chi connectivity index (χ1) is 10.3. The Morgan fingerprint density at radius 2 is 1.95 bits per heavy atom. The zero-order chi connectivity index (χ0) is 16.3. The van der Waals surface area contributed by atoms with Gasteiger partial charge in [0.1, 0.15) is 5.75 Å². The van der Waals surface area contributed by atoms with E-state index in [4.69, 9.17) is 21.4 Å². The number of aromatic carboxylic acids is 1. The fourth-order valence-corrected chi connectivity index (χ4v) is 3.09. The highest BCUT2D eigenvalue weighted by Gasteiger charge is 2.17. The maximum atomic E-state index is 12.3. The molecule has 0 fully saturated rings. The van der Waals surface area contributed by atoms with Gasteiger partial charge in [-0.1, -0.05) is 17.7 Å². The van der Waals surface area contributed by atoms with Crippen LogP contribution in [0.15, 0.2) is 47.4 Å². The molecule has 0 aliphatic heterocycles. The molecule has 0 aliphatic carbocycles. The molecule has 0 aliphatic rings. The summed E-state index contributed by atoms with van der Waals surface area (Å²) >= 11 is 5.93. The van der Waals surface area contributed by atoms with Crippen LogP contribution in [0, 0.1) is 0 Å². The van der Waals surface area contributed by atoms with Crippen molar-refractivity contribution in [2.45, 2.75) is 4.90 Å². The zero-order valence-corrected chi connectivity index (χ0v) is 13.0. The van der Waals surface area contributed by atoms with E-state index in [-0.39, 0.29) is 21.2 Å². The second-order valence-electron chi connectivity index (χ2n) is 4.29. The molecule has 0 heterocycles. The highest BCUT2D eigenvalue weighted by Crippen LogP contribution is 2.28. The molecule has 0 radical (unpaired) electrons. The van der Waals surface area contributed by atoms with Crippen molar-refractivity contribution >= 4 is 33.3 Å². The molecule has 0 saturated heterocycles. The molecule has 0 atom stereocenters. The van der Waals surface area contributed by atoms with Crippen molar-refractivity contribution in [2.75, 3.05) is 11.8 Å². The second kappa shape index (κ2) is 6.25. The average Bonchev–Trinajstić information content (AvgIpc) is 2.47. The van der Waals surface area contributed by atoms with Crippen molar-refractivity contribution in [3.05, 3.63) is 53.1 Å². The van der Waals surface area contributed by atoms with Gasteiger partial charge in [0.2, 0.25) is 0 Å². The van der Waals surface area contributed by atoms with E-state index in [0.717, 1.165) is 6.07 Å². The van der Waals surface area contributed by atoms with Crippen LogP contribution >= 0.6 is 11.6 Å². The van der Waals surface area contributed by atoms with Gasteiger partial charge in [-0.15, -0.1) is 0 Å². The number of rotatable bonds is 5. The van der Waals surface area contributed by atoms with E-state index >= 15 is 0 Å². The van der Waals surface area contributed by atoms with Crippen molar-refractivity contribution in [3.63, 3.8) is 0 Å². The van der Waals surface area contributed by atoms with Crippen molar-refractivity contribution < 1.29 is 23.1 Å². The van der Waals surface area contributed by atoms with Crippen LogP contribution in [0.1, 0.15) is 10.4 Å². The number of ether oxygens (including phenoxy) is 1. The minimum atomic E-state index is -3.92. The van der Waals surface area contributed by atoms with Gasteiger partial charge in [-0.3, -0.25) is 4.72 Å². The van der Waals surface area contributed by atoms with Gasteiger partial charge in [-0.2, -0.15) is 0 Å². The molecule has 2 N–H and O–H groups in total. The third-order valence-electron chi connectivity index (χ3n) is 2.80. The fraction of sp³-hybridized carbons (Fsp3) is 0.0714. The first-order valence-corrected chi connectivity index (χ1v) is 7.89. The van der Waals surface area contributed by atoms with E-state index in [0.29, 0.717) is 5.75 Å². The number of carboxylic acid groups (broad SMARTS) is 1. The van der Waals surface area contributed by atoms with E-state index in [9.17, 15) is 13.2 Å². The summed E-state index contributed by atoms with van der Waals surface area (Å²) < 4.78 is 31.8. The van der Waals surface area contributed by atoms with Crippen molar-refractivity contribution in [1.82, 2.24) is 0 Å². The van der Waals surface area contributed by atoms with Crippen molar-refractivity contribution in [2.24, 2.45) is 0 Å². The Kier molecular flexibility index (Phi) is 4.58. The quantitative estimate of drug-likeness (QED) is 0.872. The molecule has 0 bridgehead atoms. The van der Waals surface area contributed by atoms with Crippen LogP contribution in [0.2, 0.25) is 5.02 Å². The summed E-state index contributed by atoms with van der Waals surface area (Å²) in [4.78, 5) is 10.8. The van der Waals surface area contributed by atoms with Crippen LogP contribution in [0.5, 0.6) is 5.75 Å². The molecule has 2 aromatic rings. The smallest absolute Gasteiger partial charge is 0.335 e. The van der Waals surface area contributed by atoms with E-state index in [1.165, 1.54) is 43.5 Å². The van der Waals surface area contributed by atoms with E-state index in [1.807, 2.05) is 0 Å². The molecule has 22 heavy (non-hydrogen) atoms. The maximum Gasteiger partial charge on any atom is 0.335 e. The maximum absolute atomic E-state index is 12.3. The lowest BCUT2D eigenvalue weighted by molar-refractivity contribution is 0.0696. The fourth-order valence-electron chi connectivity index (χ4n) is 1.74. The minimum absolute atomic E-state index is 0.115. The number of sulfonamides is 1. The number of anilines is 1. The van der Waals surface area contributed by atoms with E-state index < -0.39 is 16.0 Å². The lowest BCUT2D eigenvalue weighted by Crippen LogP contribution is -2.13. The van der Waals surface area contributed by atoms with Crippen LogP contribution in [0.3, 0.4) is 0 Å². The Hall–Kier alpha value is -2.25. The summed E-state index contributed by atoms with van der Waals surface area (Å²) in [6, 6.07) is 9.47. The van der Waals surface area contributed by atoms with Gasteiger partial charge in [0, 0.05) is 0 Å². The summed E-state index contributed by atoms with van der Waals surface area (Å²) in [6.07, 6.45) is 0. The van der Waals surface area contributed by atoms with Crippen LogP contribution in [-0.4, -0.2) is 26.6 Å². The van der Waals surface area contributed by atoms with Crippen LogP contribution in [0.4, 0.5) is 5.69 Å². The molecular weight excluding hydrogens is 330 g/mol. The molecule has 0 unspecified atom stereocenters. The Morgan fingerprint density at radius 3 is 2.55 bits per heavy atom. The Balaban J connectivity index is 2.33. The standard InChI is InChI=1S/C14H12ClNO5S/c1-21-13-6-5-10(8-12(13)15)16-22(19,20)11-4-2-3-9(7-11)14(17)18/h2-8,16H,1H3,(H,17,18). The lowest BCUT2D eigenvalue weighted by atomic mass is 10.2. The summed E-state index contributed by atoms with van der Waals surface area (Å²) in [5.74, 6) is -0.790. The number of nitrogens with one attached hydrogen (secondary N) is 1. The third kappa shape index (κ3) is 3.49. The SMILES string of the molecule is COc1ccc(NS(=O)(=O)c2cccc(C(=O)O)c2)cc1Cl. The van der Waals surface area contributed by atoms with E-state index in [2.05, 4.69) is 4.72 Å². The van der Waals surface area contributed by atoms with Crippen LogP contribution in [0.25, 0.3) is 0 Å². The molecular formula is C14H12ClNO5S. The number of halogens is 1. The predicted octanol–water partition coefficient (Wildman–Crippen LogP) is 2.85. The number of carboxylic acids is 1. The Morgan fingerprint density at radius 1 is 1.23 bits per heavy atom. The Labute approximate surface area is 132 Å². The third-order valence-corrected chi connectivity index (χ3v) is 4.47. The number of carbonyl (C=O) groups is 1. The van der Waals surface area contributed by atoms with Gasteiger partial charge in [0.15, 0.2) is 0 Å². The largest absolute Gasteiger partial charge is 0.495 e. The molecule has 0 saturated carbocycles. The summed E-state index contributed by atoms with van der Waals surface area (Å²) in [5.41, 5.74) is 0.127. The first-order valence-electron chi connectivity index (χ1n) is 6.03. The normalized spacial score (nSPS) is 11.0. The van der Waals surface area contributed by atoms with Crippen molar-refractivity contribution in [1.29, 1.82) is 0 Å². The summed E-state index contributed by atoms with van der Waals surface area (Å²) in [7, 11) is -2.47. The van der Waals surface area contributed by atoms with Gasteiger partial charge in [-0.05, 0) is 36.4 Å². The second-order valence-corrected chi connectivity index (χ2v) is 6.38. The molecule has 116 valence electrons. The number of benzene rings is 2. The predicted molar refractivity (Wildman–Crippen MR) is 82.2 cm³/mol. The monoisotopic (exact) mass is 341 g/mol. The molecule has 2 aromatic carbocycles. The van der Waals surface area contributed by atoms with E-state index in [1.54, 1.807) is 0 Å². The summed E-state index contributed by atoms with van der Waals surface area (Å²) in [6.45, 7) is 0. The van der Waals surface area contributed by atoms with Gasteiger partial charge in [0.05, 0.1) is 28.3 Å². The van der Waals surface area contributed by atoms with Gasteiger partial charge in [-0.25, -0.2) is 13.2 Å². The lowest BCUT2D eigenvalue weighted by Gasteiger charge is -2.10. The molecule has 0 amide bonds. The average molecular weight is 342 g/mol. The highest BCUT2D eigenvalue weighted by atomic mass is 35.5. The highest BCUT2D eigenvalue weighted by molar-refractivity contribution is 7.92. The first kappa shape index (κ1) is 16.1. The van der Waals surface area contributed by atoms with Crippen molar-refractivity contribution in [3.8, 4) is 5.75 Å².